The van der Waals surface area contributed by atoms with Crippen molar-refractivity contribution >= 4 is 11.5 Å². The summed E-state index contributed by atoms with van der Waals surface area (Å²) in [5.41, 5.74) is -1.26. The maximum Gasteiger partial charge on any atom is 0.175 e. The van der Waals surface area contributed by atoms with Crippen LogP contribution in [0.4, 0.5) is 0 Å². The summed E-state index contributed by atoms with van der Waals surface area (Å²) in [7, 11) is 0. The zero-order valence-electron chi connectivity index (χ0n) is 5.40. The van der Waals surface area contributed by atoms with Crippen molar-refractivity contribution in [2.24, 2.45) is 0 Å². The number of hydrogen-bond acceptors (Lipinski definition) is 4. The van der Waals surface area contributed by atoms with E-state index in [2.05, 4.69) is 15.3 Å². The predicted octanol–water partition coefficient (Wildman–Crippen LogP) is 0.379. The Labute approximate surface area is 62.9 Å². The first-order chi connectivity index (χ1) is 4.67. The lowest BCUT2D eigenvalue weighted by Gasteiger charge is -2.09. The van der Waals surface area contributed by atoms with Crippen molar-refractivity contribution in [2.75, 3.05) is 0 Å². The largest absolute Gasteiger partial charge is 0.371 e. The highest BCUT2D eigenvalue weighted by Gasteiger charge is 2.22. The minimum absolute atomic E-state index is 0.454. The van der Waals surface area contributed by atoms with E-state index in [0.717, 1.165) is 11.5 Å². The van der Waals surface area contributed by atoms with Gasteiger partial charge in [-0.3, -0.25) is 0 Å². The summed E-state index contributed by atoms with van der Waals surface area (Å²) in [4.78, 5) is 3.77. The van der Waals surface area contributed by atoms with Crippen LogP contribution in [0.2, 0.25) is 0 Å². The second kappa shape index (κ2) is 2.37. The van der Waals surface area contributed by atoms with Crippen molar-refractivity contribution in [1.29, 1.82) is 0 Å². The van der Waals surface area contributed by atoms with Gasteiger partial charge in [0.25, 0.3) is 0 Å². The zero-order chi connectivity index (χ0) is 7.61. The van der Waals surface area contributed by atoms with Gasteiger partial charge in [0.05, 0.1) is 0 Å². The molecule has 0 bridgehead atoms. The summed E-state index contributed by atoms with van der Waals surface area (Å²) >= 11 is 1.10. The number of nitrogens with zero attached hydrogens (tertiary/aromatic N) is 2. The molecule has 1 rings (SSSR count). The molecule has 4 heteroatoms. The second-order valence-corrected chi connectivity index (χ2v) is 2.74. The summed E-state index contributed by atoms with van der Waals surface area (Å²) in [5.74, 6) is 2.21. The topological polar surface area (TPSA) is 46.0 Å². The smallest absolute Gasteiger partial charge is 0.175 e. The monoisotopic (exact) mass is 154 g/mol. The van der Waals surface area contributed by atoms with Gasteiger partial charge in [0.15, 0.2) is 10.6 Å². The molecule has 0 aliphatic heterocycles. The highest BCUT2D eigenvalue weighted by atomic mass is 32.1. The van der Waals surface area contributed by atoms with Crippen molar-refractivity contribution in [3.63, 3.8) is 0 Å². The van der Waals surface area contributed by atoms with E-state index in [1.54, 1.807) is 0 Å². The SMILES string of the molecule is C#C[C@](C)(O)c1ncns1. The fraction of sp³-hybridized carbons (Fsp3) is 0.333. The summed E-state index contributed by atoms with van der Waals surface area (Å²) in [6.07, 6.45) is 6.40. The van der Waals surface area contributed by atoms with E-state index in [1.165, 1.54) is 13.3 Å². The van der Waals surface area contributed by atoms with Gasteiger partial charge in [-0.15, -0.1) is 6.42 Å². The summed E-state index contributed by atoms with van der Waals surface area (Å²) < 4.78 is 3.71. The molecule has 0 saturated carbocycles. The van der Waals surface area contributed by atoms with Crippen LogP contribution in [0.3, 0.4) is 0 Å². The molecular weight excluding hydrogens is 148 g/mol. The van der Waals surface area contributed by atoms with Crippen molar-refractivity contribution < 1.29 is 5.11 Å². The van der Waals surface area contributed by atoms with Crippen LogP contribution in [-0.4, -0.2) is 14.5 Å². The van der Waals surface area contributed by atoms with E-state index in [9.17, 15) is 5.11 Å². The quantitative estimate of drug-likeness (QED) is 0.595. The van der Waals surface area contributed by atoms with E-state index >= 15 is 0 Å². The Kier molecular flexibility index (Phi) is 1.70. The van der Waals surface area contributed by atoms with Crippen molar-refractivity contribution in [3.8, 4) is 12.3 Å². The number of terminal acetylenes is 1. The van der Waals surface area contributed by atoms with Gasteiger partial charge in [-0.1, -0.05) is 5.92 Å². The molecule has 0 aliphatic carbocycles. The molecule has 0 amide bonds. The number of aliphatic hydroxyl groups is 1. The van der Waals surface area contributed by atoms with Gasteiger partial charge in [-0.2, -0.15) is 4.37 Å². The van der Waals surface area contributed by atoms with Crippen LogP contribution in [0.5, 0.6) is 0 Å². The summed E-state index contributed by atoms with van der Waals surface area (Å²) in [6, 6.07) is 0. The third-order valence-electron chi connectivity index (χ3n) is 1.06. The molecule has 1 N–H and O–H groups in total. The minimum atomic E-state index is -1.26. The van der Waals surface area contributed by atoms with Gasteiger partial charge in [0.1, 0.15) is 6.33 Å². The average molecular weight is 154 g/mol. The van der Waals surface area contributed by atoms with Crippen LogP contribution in [0.1, 0.15) is 11.9 Å². The Hall–Kier alpha value is -0.920. The lowest BCUT2D eigenvalue weighted by atomic mass is 10.1. The van der Waals surface area contributed by atoms with Gasteiger partial charge in [0.2, 0.25) is 0 Å². The van der Waals surface area contributed by atoms with Gasteiger partial charge in [-0.25, -0.2) is 4.98 Å². The first kappa shape index (κ1) is 7.19. The van der Waals surface area contributed by atoms with E-state index in [0.29, 0.717) is 5.01 Å². The van der Waals surface area contributed by atoms with E-state index in [4.69, 9.17) is 6.42 Å². The third kappa shape index (κ3) is 1.15. The molecule has 1 atom stereocenters. The van der Waals surface area contributed by atoms with E-state index < -0.39 is 5.60 Å². The molecule has 0 saturated heterocycles. The van der Waals surface area contributed by atoms with Crippen LogP contribution >= 0.6 is 11.5 Å². The van der Waals surface area contributed by atoms with Crippen LogP contribution in [0, 0.1) is 12.3 Å². The molecule has 1 heterocycles. The van der Waals surface area contributed by atoms with Crippen molar-refractivity contribution in [1.82, 2.24) is 9.36 Å². The molecule has 1 aromatic heterocycles. The third-order valence-corrected chi connectivity index (χ3v) is 1.93. The van der Waals surface area contributed by atoms with Gasteiger partial charge in [-0.05, 0) is 18.5 Å². The highest BCUT2D eigenvalue weighted by Crippen LogP contribution is 2.18. The first-order valence-electron chi connectivity index (χ1n) is 2.64. The molecular formula is C6H6N2OS. The lowest BCUT2D eigenvalue weighted by molar-refractivity contribution is 0.122. The standard InChI is InChI=1S/C6H6N2OS/c1-3-6(2,9)5-7-4-8-10-5/h1,4,9H,2H3/t6-/m0/s1. The Morgan fingerprint density at radius 3 is 3.00 bits per heavy atom. The average Bonchev–Trinajstić information content (AvgIpc) is 2.38. The van der Waals surface area contributed by atoms with Gasteiger partial charge < -0.3 is 5.11 Å². The maximum atomic E-state index is 9.36. The second-order valence-electron chi connectivity index (χ2n) is 1.96. The fourth-order valence-electron chi connectivity index (χ4n) is 0.449. The molecule has 52 valence electrons. The molecule has 0 spiro atoms. The van der Waals surface area contributed by atoms with Crippen LogP contribution in [-0.2, 0) is 5.60 Å². The van der Waals surface area contributed by atoms with E-state index in [-0.39, 0.29) is 0 Å². The summed E-state index contributed by atoms with van der Waals surface area (Å²) in [5, 5.41) is 9.81. The van der Waals surface area contributed by atoms with E-state index in [1.807, 2.05) is 0 Å². The Bertz CT molecular complexity index is 247. The van der Waals surface area contributed by atoms with Crippen LogP contribution in [0.15, 0.2) is 6.33 Å². The highest BCUT2D eigenvalue weighted by molar-refractivity contribution is 7.05. The predicted molar refractivity (Wildman–Crippen MR) is 38.3 cm³/mol. The van der Waals surface area contributed by atoms with Crippen molar-refractivity contribution in [3.05, 3.63) is 11.3 Å². The minimum Gasteiger partial charge on any atom is -0.371 e. The normalized spacial score (nSPS) is 15.7. The molecule has 0 aromatic carbocycles. The van der Waals surface area contributed by atoms with Crippen LogP contribution in [0.25, 0.3) is 0 Å². The Morgan fingerprint density at radius 2 is 2.60 bits per heavy atom. The first-order valence-corrected chi connectivity index (χ1v) is 3.41. The van der Waals surface area contributed by atoms with Gasteiger partial charge >= 0.3 is 0 Å². The molecule has 3 nitrogen and oxygen atoms in total. The molecule has 0 aliphatic rings. The van der Waals surface area contributed by atoms with Crippen molar-refractivity contribution in [2.45, 2.75) is 12.5 Å². The molecule has 0 radical (unpaired) electrons. The molecule has 10 heavy (non-hydrogen) atoms. The Morgan fingerprint density at radius 1 is 1.90 bits per heavy atom. The summed E-state index contributed by atoms with van der Waals surface area (Å²) in [6.45, 7) is 1.51. The molecule has 1 aromatic rings. The Balaban J connectivity index is 2.99. The fourth-order valence-corrected chi connectivity index (χ4v) is 0.974. The number of hydrogen-bond donors (Lipinski definition) is 1. The number of rotatable bonds is 1. The molecule has 0 unspecified atom stereocenters. The zero-order valence-corrected chi connectivity index (χ0v) is 6.22. The molecule has 0 fully saturated rings. The van der Waals surface area contributed by atoms with Crippen LogP contribution < -0.4 is 0 Å². The van der Waals surface area contributed by atoms with Gasteiger partial charge in [0, 0.05) is 0 Å². The lowest BCUT2D eigenvalue weighted by Crippen LogP contribution is -2.17. The number of aromatic nitrogens is 2. The maximum absolute atomic E-state index is 9.36.